The summed E-state index contributed by atoms with van der Waals surface area (Å²) in [6.45, 7) is 0. The van der Waals surface area contributed by atoms with Gasteiger partial charge < -0.3 is 4.90 Å². The van der Waals surface area contributed by atoms with Crippen LogP contribution >= 0.6 is 0 Å². The van der Waals surface area contributed by atoms with Crippen LogP contribution in [0.15, 0.2) is 249 Å². The van der Waals surface area contributed by atoms with Gasteiger partial charge in [0.1, 0.15) is 0 Å². The van der Waals surface area contributed by atoms with Crippen molar-refractivity contribution in [3.63, 3.8) is 0 Å². The van der Waals surface area contributed by atoms with Gasteiger partial charge in [-0.15, -0.1) is 0 Å². The van der Waals surface area contributed by atoms with Crippen molar-refractivity contribution in [3.8, 4) is 66.8 Å². The van der Waals surface area contributed by atoms with Crippen molar-refractivity contribution in [2.45, 2.75) is 0 Å². The molecule has 0 fully saturated rings. The molecule has 0 aliphatic heterocycles. The summed E-state index contributed by atoms with van der Waals surface area (Å²) in [6.07, 6.45) is 0. The van der Waals surface area contributed by atoms with Crippen LogP contribution in [0, 0.1) is 0 Å². The number of nitrogens with zero attached hydrogens (tertiary/aromatic N) is 1. The van der Waals surface area contributed by atoms with Gasteiger partial charge in [-0.3, -0.25) is 0 Å². The fraction of sp³-hybridized carbons (Fsp3) is 0. The van der Waals surface area contributed by atoms with Crippen LogP contribution in [0.2, 0.25) is 0 Å². The predicted molar refractivity (Wildman–Crippen MR) is 251 cm³/mol. The van der Waals surface area contributed by atoms with Crippen LogP contribution < -0.4 is 4.90 Å². The molecule has 10 rings (SSSR count). The van der Waals surface area contributed by atoms with E-state index < -0.39 is 0 Å². The van der Waals surface area contributed by atoms with Crippen LogP contribution in [-0.2, 0) is 0 Å². The Kier molecular flexibility index (Phi) is 9.68. The van der Waals surface area contributed by atoms with Gasteiger partial charge in [0, 0.05) is 16.9 Å². The minimum atomic E-state index is 1.08. The lowest BCUT2D eigenvalue weighted by Gasteiger charge is -2.29. The van der Waals surface area contributed by atoms with Crippen LogP contribution in [0.5, 0.6) is 0 Å². The third kappa shape index (κ3) is 7.34. The highest BCUT2D eigenvalue weighted by Gasteiger charge is 2.20. The zero-order chi connectivity index (χ0) is 39.4. The third-order valence-corrected chi connectivity index (χ3v) is 11.3. The molecule has 0 heterocycles. The van der Waals surface area contributed by atoms with Crippen LogP contribution in [-0.4, -0.2) is 0 Å². The Morgan fingerprint density at radius 3 is 1.19 bits per heavy atom. The van der Waals surface area contributed by atoms with Crippen molar-refractivity contribution in [2.24, 2.45) is 0 Å². The molecule has 0 unspecified atom stereocenters. The molecule has 0 saturated carbocycles. The highest BCUT2D eigenvalue weighted by atomic mass is 15.1. The molecule has 0 amide bonds. The first-order valence-corrected chi connectivity index (χ1v) is 20.2. The number of rotatable bonds is 9. The summed E-state index contributed by atoms with van der Waals surface area (Å²) in [4.78, 5) is 2.42. The first-order valence-electron chi connectivity index (χ1n) is 20.2. The molecule has 10 aromatic rings. The zero-order valence-electron chi connectivity index (χ0n) is 32.6. The van der Waals surface area contributed by atoms with Gasteiger partial charge in [-0.25, -0.2) is 0 Å². The van der Waals surface area contributed by atoms with Gasteiger partial charge >= 0.3 is 0 Å². The van der Waals surface area contributed by atoms with Crippen molar-refractivity contribution in [1.29, 1.82) is 0 Å². The van der Waals surface area contributed by atoms with Crippen LogP contribution in [0.1, 0.15) is 0 Å². The van der Waals surface area contributed by atoms with E-state index in [1.807, 2.05) is 0 Å². The van der Waals surface area contributed by atoms with Crippen LogP contribution in [0.25, 0.3) is 77.5 Å². The fourth-order valence-corrected chi connectivity index (χ4v) is 8.25. The second kappa shape index (κ2) is 16.0. The van der Waals surface area contributed by atoms with Crippen molar-refractivity contribution >= 4 is 27.8 Å². The van der Waals surface area contributed by atoms with Gasteiger partial charge in [0.25, 0.3) is 0 Å². The monoisotopic (exact) mass is 751 g/mol. The average Bonchev–Trinajstić information content (AvgIpc) is 3.33. The summed E-state index contributed by atoms with van der Waals surface area (Å²) < 4.78 is 0. The molecule has 1 nitrogen and oxygen atoms in total. The molecular formula is C58H41N. The Bertz CT molecular complexity index is 2980. The van der Waals surface area contributed by atoms with E-state index in [4.69, 9.17) is 0 Å². The average molecular weight is 752 g/mol. The lowest BCUT2D eigenvalue weighted by Crippen LogP contribution is -2.11. The molecule has 0 saturated heterocycles. The summed E-state index contributed by atoms with van der Waals surface area (Å²) in [6, 6.07) is 89.9. The van der Waals surface area contributed by atoms with Gasteiger partial charge in [-0.1, -0.05) is 212 Å². The second-order valence-electron chi connectivity index (χ2n) is 14.9. The van der Waals surface area contributed by atoms with E-state index in [1.165, 1.54) is 72.0 Å². The summed E-state index contributed by atoms with van der Waals surface area (Å²) in [5.74, 6) is 0. The number of hydrogen-bond acceptors (Lipinski definition) is 1. The van der Waals surface area contributed by atoms with Crippen LogP contribution in [0.3, 0.4) is 0 Å². The molecule has 0 radical (unpaired) electrons. The first-order chi connectivity index (χ1) is 29.2. The van der Waals surface area contributed by atoms with Gasteiger partial charge in [0.2, 0.25) is 0 Å². The topological polar surface area (TPSA) is 3.24 Å². The Morgan fingerprint density at radius 2 is 0.610 bits per heavy atom. The molecule has 10 aromatic carbocycles. The highest BCUT2D eigenvalue weighted by molar-refractivity contribution is 5.99. The molecular weight excluding hydrogens is 711 g/mol. The maximum absolute atomic E-state index is 2.42. The minimum Gasteiger partial charge on any atom is -0.310 e. The maximum atomic E-state index is 2.42. The Hall–Kier alpha value is -7.74. The largest absolute Gasteiger partial charge is 0.310 e. The summed E-state index contributed by atoms with van der Waals surface area (Å²) >= 11 is 0. The molecule has 278 valence electrons. The van der Waals surface area contributed by atoms with Crippen molar-refractivity contribution in [3.05, 3.63) is 249 Å². The number of hydrogen-bond donors (Lipinski definition) is 0. The van der Waals surface area contributed by atoms with Gasteiger partial charge in [-0.2, -0.15) is 0 Å². The van der Waals surface area contributed by atoms with Crippen LogP contribution in [0.4, 0.5) is 17.1 Å². The molecule has 0 aliphatic rings. The van der Waals surface area contributed by atoms with E-state index in [0.29, 0.717) is 0 Å². The van der Waals surface area contributed by atoms with E-state index in [2.05, 4.69) is 254 Å². The van der Waals surface area contributed by atoms with E-state index in [-0.39, 0.29) is 0 Å². The van der Waals surface area contributed by atoms with Crippen molar-refractivity contribution in [2.75, 3.05) is 4.90 Å². The predicted octanol–water partition coefficient (Wildman–Crippen LogP) is 16.3. The third-order valence-electron chi connectivity index (χ3n) is 11.3. The standard InChI is InChI=1S/C58H41N/c1-4-14-42(15-5-1)44-26-28-45(29-27-44)46-30-35-53(36-31-46)59(54-37-32-47(33-38-54)51-23-12-22-50(40-51)43-16-6-2-7-17-43)58-41-52(34-39-57(58)49-18-8-3-9-19-49)56-25-13-21-48-20-10-11-24-55(48)56/h1-41H. The molecule has 0 bridgehead atoms. The molecule has 0 aromatic heterocycles. The molecule has 0 aliphatic carbocycles. The highest BCUT2D eigenvalue weighted by Crippen LogP contribution is 2.44. The Labute approximate surface area is 346 Å². The molecule has 0 spiro atoms. The minimum absolute atomic E-state index is 1.08. The fourth-order valence-electron chi connectivity index (χ4n) is 8.25. The molecule has 0 atom stereocenters. The summed E-state index contributed by atoms with van der Waals surface area (Å²) in [5, 5.41) is 2.47. The number of anilines is 3. The SMILES string of the molecule is c1ccc(-c2ccc(-c3ccc(N(c4ccc(-c5cccc(-c6ccccc6)c5)cc4)c4cc(-c5cccc6ccccc56)ccc4-c4ccccc4)cc3)cc2)cc1. The number of fused-ring (bicyclic) bond motifs is 1. The van der Waals surface area contributed by atoms with E-state index in [9.17, 15) is 0 Å². The summed E-state index contributed by atoms with van der Waals surface area (Å²) in [5.41, 5.74) is 17.6. The molecule has 1 heteroatoms. The normalized spacial score (nSPS) is 11.1. The first kappa shape index (κ1) is 35.7. The Morgan fingerprint density at radius 1 is 0.220 bits per heavy atom. The van der Waals surface area contributed by atoms with Gasteiger partial charge in [-0.05, 0) is 108 Å². The second-order valence-corrected chi connectivity index (χ2v) is 14.9. The quantitative estimate of drug-likeness (QED) is 0.142. The van der Waals surface area contributed by atoms with Gasteiger partial charge in [0.05, 0.1) is 5.69 Å². The van der Waals surface area contributed by atoms with E-state index in [0.717, 1.165) is 22.6 Å². The lowest BCUT2D eigenvalue weighted by atomic mass is 9.94. The zero-order valence-corrected chi connectivity index (χ0v) is 32.6. The van der Waals surface area contributed by atoms with Gasteiger partial charge in [0.15, 0.2) is 0 Å². The Balaban J connectivity index is 1.10. The van der Waals surface area contributed by atoms with E-state index >= 15 is 0 Å². The molecule has 59 heavy (non-hydrogen) atoms. The maximum Gasteiger partial charge on any atom is 0.0546 e. The molecule has 0 N–H and O–H groups in total. The summed E-state index contributed by atoms with van der Waals surface area (Å²) in [7, 11) is 0. The van der Waals surface area contributed by atoms with Crippen molar-refractivity contribution in [1.82, 2.24) is 0 Å². The van der Waals surface area contributed by atoms with E-state index in [1.54, 1.807) is 0 Å². The lowest BCUT2D eigenvalue weighted by molar-refractivity contribution is 1.28. The van der Waals surface area contributed by atoms with Crippen molar-refractivity contribution < 1.29 is 0 Å². The smallest absolute Gasteiger partial charge is 0.0546 e. The number of benzene rings is 10.